The van der Waals surface area contributed by atoms with Crippen molar-refractivity contribution in [3.63, 3.8) is 0 Å². The molecular weight excluding hydrogens is 190 g/mol. The van der Waals surface area contributed by atoms with E-state index in [1.54, 1.807) is 11.8 Å². The molecule has 0 aliphatic heterocycles. The van der Waals surface area contributed by atoms with Gasteiger partial charge < -0.3 is 5.32 Å². The Hall–Kier alpha value is -0.630. The predicted molar refractivity (Wildman–Crippen MR) is 66.2 cm³/mol. The first kappa shape index (κ1) is 11.4. The van der Waals surface area contributed by atoms with Gasteiger partial charge in [-0.15, -0.1) is 11.8 Å². The molecule has 1 atom stereocenters. The number of thioether (sulfide) groups is 1. The highest BCUT2D eigenvalue weighted by atomic mass is 32.2. The molecule has 0 heterocycles. The number of rotatable bonds is 5. The van der Waals surface area contributed by atoms with Gasteiger partial charge in [-0.25, -0.2) is 0 Å². The van der Waals surface area contributed by atoms with Crippen molar-refractivity contribution in [3.05, 3.63) is 24.3 Å². The van der Waals surface area contributed by atoms with Crippen LogP contribution in [-0.4, -0.2) is 12.3 Å². The summed E-state index contributed by atoms with van der Waals surface area (Å²) >= 11 is 1.78. The van der Waals surface area contributed by atoms with E-state index in [2.05, 4.69) is 49.7 Å². The summed E-state index contributed by atoms with van der Waals surface area (Å²) in [4.78, 5) is 1.32. The van der Waals surface area contributed by atoms with E-state index in [4.69, 9.17) is 0 Å². The fraction of sp³-hybridized carbons (Fsp3) is 0.500. The number of hydrogen-bond donors (Lipinski definition) is 1. The molecule has 1 rings (SSSR count). The Morgan fingerprint density at radius 3 is 2.43 bits per heavy atom. The van der Waals surface area contributed by atoms with E-state index in [0.29, 0.717) is 6.04 Å². The maximum absolute atomic E-state index is 3.48. The molecule has 1 nitrogen and oxygen atoms in total. The van der Waals surface area contributed by atoms with Gasteiger partial charge in [0.1, 0.15) is 0 Å². The summed E-state index contributed by atoms with van der Waals surface area (Å²) in [5, 5.41) is 3.48. The average Bonchev–Trinajstić information content (AvgIpc) is 2.19. The molecule has 1 aromatic carbocycles. The zero-order chi connectivity index (χ0) is 10.4. The largest absolute Gasteiger partial charge is 0.383 e. The number of benzene rings is 1. The maximum Gasteiger partial charge on any atom is 0.0342 e. The second-order valence-corrected chi connectivity index (χ2v) is 4.44. The second kappa shape index (κ2) is 5.97. The molecule has 0 amide bonds. The lowest BCUT2D eigenvalue weighted by Gasteiger charge is -2.14. The lowest BCUT2D eigenvalue weighted by Crippen LogP contribution is -2.14. The topological polar surface area (TPSA) is 12.0 Å². The summed E-state index contributed by atoms with van der Waals surface area (Å²) in [5.74, 6) is 0. The van der Waals surface area contributed by atoms with Crippen LogP contribution in [0.3, 0.4) is 0 Å². The van der Waals surface area contributed by atoms with Crippen LogP contribution in [0.2, 0.25) is 0 Å². The van der Waals surface area contributed by atoms with Crippen molar-refractivity contribution < 1.29 is 0 Å². The van der Waals surface area contributed by atoms with Crippen LogP contribution >= 0.6 is 11.8 Å². The smallest absolute Gasteiger partial charge is 0.0342 e. The maximum atomic E-state index is 3.48. The van der Waals surface area contributed by atoms with Crippen LogP contribution in [0.15, 0.2) is 29.2 Å². The highest BCUT2D eigenvalue weighted by Gasteiger charge is 1.99. The van der Waals surface area contributed by atoms with Gasteiger partial charge >= 0.3 is 0 Å². The Morgan fingerprint density at radius 2 is 1.93 bits per heavy atom. The summed E-state index contributed by atoms with van der Waals surface area (Å²) in [6.45, 7) is 4.45. The zero-order valence-corrected chi connectivity index (χ0v) is 10.0. The first-order valence-electron chi connectivity index (χ1n) is 5.17. The summed E-state index contributed by atoms with van der Waals surface area (Å²) in [6, 6.07) is 9.19. The number of anilines is 1. The molecule has 78 valence electrons. The molecule has 0 bridgehead atoms. The third-order valence-corrected chi connectivity index (χ3v) is 2.97. The van der Waals surface area contributed by atoms with Crippen LogP contribution in [-0.2, 0) is 0 Å². The monoisotopic (exact) mass is 209 g/mol. The summed E-state index contributed by atoms with van der Waals surface area (Å²) in [6.07, 6.45) is 4.56. The SMILES string of the molecule is CCCC(C)Nc1ccc(SC)cc1. The van der Waals surface area contributed by atoms with E-state index in [1.165, 1.54) is 23.4 Å². The molecule has 0 aromatic heterocycles. The Balaban J connectivity index is 2.50. The summed E-state index contributed by atoms with van der Waals surface area (Å²) < 4.78 is 0. The molecular formula is C12H19NS. The van der Waals surface area contributed by atoms with Gasteiger partial charge in [-0.1, -0.05) is 13.3 Å². The molecule has 0 fully saturated rings. The zero-order valence-electron chi connectivity index (χ0n) is 9.21. The Labute approximate surface area is 91.3 Å². The minimum atomic E-state index is 0.570. The Morgan fingerprint density at radius 1 is 1.29 bits per heavy atom. The number of nitrogens with one attached hydrogen (secondary N) is 1. The lowest BCUT2D eigenvalue weighted by atomic mass is 10.2. The van der Waals surface area contributed by atoms with Gasteiger partial charge in [0.15, 0.2) is 0 Å². The quantitative estimate of drug-likeness (QED) is 0.735. The van der Waals surface area contributed by atoms with Gasteiger partial charge in [-0.05, 0) is 43.9 Å². The van der Waals surface area contributed by atoms with Crippen molar-refractivity contribution >= 4 is 17.4 Å². The standard InChI is InChI=1S/C12H19NS/c1-4-5-10(2)13-11-6-8-12(14-3)9-7-11/h6-10,13H,4-5H2,1-3H3. The number of hydrogen-bond acceptors (Lipinski definition) is 2. The normalized spacial score (nSPS) is 12.5. The van der Waals surface area contributed by atoms with Crippen LogP contribution in [0.1, 0.15) is 26.7 Å². The second-order valence-electron chi connectivity index (χ2n) is 3.56. The highest BCUT2D eigenvalue weighted by Crippen LogP contribution is 2.18. The van der Waals surface area contributed by atoms with Gasteiger partial charge in [0, 0.05) is 16.6 Å². The first-order chi connectivity index (χ1) is 6.76. The van der Waals surface area contributed by atoms with E-state index in [1.807, 2.05) is 0 Å². The third-order valence-electron chi connectivity index (χ3n) is 2.22. The predicted octanol–water partition coefficient (Wildman–Crippen LogP) is 4.01. The molecule has 14 heavy (non-hydrogen) atoms. The van der Waals surface area contributed by atoms with Gasteiger partial charge in [0.25, 0.3) is 0 Å². The van der Waals surface area contributed by atoms with Gasteiger partial charge in [-0.2, -0.15) is 0 Å². The van der Waals surface area contributed by atoms with E-state index in [9.17, 15) is 0 Å². The van der Waals surface area contributed by atoms with Gasteiger partial charge in [-0.3, -0.25) is 0 Å². The Bertz CT molecular complexity index is 256. The fourth-order valence-corrected chi connectivity index (χ4v) is 1.89. The van der Waals surface area contributed by atoms with Crippen molar-refractivity contribution in [2.24, 2.45) is 0 Å². The Kier molecular flexibility index (Phi) is 4.88. The van der Waals surface area contributed by atoms with Crippen LogP contribution < -0.4 is 5.32 Å². The molecule has 0 saturated heterocycles. The minimum absolute atomic E-state index is 0.570. The van der Waals surface area contributed by atoms with Crippen LogP contribution in [0.25, 0.3) is 0 Å². The van der Waals surface area contributed by atoms with Crippen molar-refractivity contribution in [1.82, 2.24) is 0 Å². The fourth-order valence-electron chi connectivity index (χ4n) is 1.48. The summed E-state index contributed by atoms with van der Waals surface area (Å²) in [5.41, 5.74) is 1.23. The van der Waals surface area contributed by atoms with Gasteiger partial charge in [0.2, 0.25) is 0 Å². The van der Waals surface area contributed by atoms with Crippen LogP contribution in [0, 0.1) is 0 Å². The van der Waals surface area contributed by atoms with Crippen molar-refractivity contribution in [3.8, 4) is 0 Å². The van der Waals surface area contributed by atoms with Gasteiger partial charge in [0.05, 0.1) is 0 Å². The minimum Gasteiger partial charge on any atom is -0.383 e. The summed E-state index contributed by atoms with van der Waals surface area (Å²) in [7, 11) is 0. The molecule has 1 unspecified atom stereocenters. The van der Waals surface area contributed by atoms with E-state index in [-0.39, 0.29) is 0 Å². The third kappa shape index (κ3) is 3.62. The van der Waals surface area contributed by atoms with E-state index in [0.717, 1.165) is 0 Å². The molecule has 2 heteroatoms. The van der Waals surface area contributed by atoms with Crippen LogP contribution in [0.4, 0.5) is 5.69 Å². The van der Waals surface area contributed by atoms with E-state index >= 15 is 0 Å². The molecule has 1 N–H and O–H groups in total. The molecule has 0 aliphatic carbocycles. The highest BCUT2D eigenvalue weighted by molar-refractivity contribution is 7.98. The van der Waals surface area contributed by atoms with E-state index < -0.39 is 0 Å². The van der Waals surface area contributed by atoms with Crippen LogP contribution in [0.5, 0.6) is 0 Å². The molecule has 0 aliphatic rings. The van der Waals surface area contributed by atoms with Crippen molar-refractivity contribution in [1.29, 1.82) is 0 Å². The lowest BCUT2D eigenvalue weighted by molar-refractivity contribution is 0.690. The first-order valence-corrected chi connectivity index (χ1v) is 6.39. The molecule has 0 saturated carbocycles. The molecule has 0 radical (unpaired) electrons. The molecule has 0 spiro atoms. The van der Waals surface area contributed by atoms with Crippen molar-refractivity contribution in [2.45, 2.75) is 37.6 Å². The molecule has 1 aromatic rings. The average molecular weight is 209 g/mol. The van der Waals surface area contributed by atoms with Crippen molar-refractivity contribution in [2.75, 3.05) is 11.6 Å².